The minimum Gasteiger partial charge on any atom is -0.465 e. The zero-order valence-electron chi connectivity index (χ0n) is 15.9. The van der Waals surface area contributed by atoms with Crippen molar-refractivity contribution in [2.45, 2.75) is 56.8 Å². The number of rotatable bonds is 4. The fraction of sp³-hybridized carbons (Fsp3) is 0.600. The number of ether oxygens (including phenoxy) is 1. The molecular weight excluding hydrogens is 348 g/mol. The number of amides is 2. The summed E-state index contributed by atoms with van der Waals surface area (Å²) in [6, 6.07) is 9.36. The van der Waals surface area contributed by atoms with Gasteiger partial charge in [0.2, 0.25) is 0 Å². The maximum atomic E-state index is 12.9. The van der Waals surface area contributed by atoms with E-state index >= 15 is 0 Å². The predicted octanol–water partition coefficient (Wildman–Crippen LogP) is 3.03. The quantitative estimate of drug-likeness (QED) is 0.843. The highest BCUT2D eigenvalue weighted by Gasteiger charge is 2.47. The highest BCUT2D eigenvalue weighted by Crippen LogP contribution is 2.41. The van der Waals surface area contributed by atoms with Crippen LogP contribution in [0.15, 0.2) is 30.3 Å². The van der Waals surface area contributed by atoms with Gasteiger partial charge in [0.15, 0.2) is 0 Å². The summed E-state index contributed by atoms with van der Waals surface area (Å²) in [7, 11) is 0. The summed E-state index contributed by atoms with van der Waals surface area (Å²) in [5, 5.41) is 19.7. The van der Waals surface area contributed by atoms with Crippen LogP contribution in [0.2, 0.25) is 0 Å². The Hall–Kier alpha value is -2.28. The van der Waals surface area contributed by atoms with Crippen LogP contribution in [0.1, 0.15) is 45.1 Å². The Labute approximate surface area is 159 Å². The summed E-state index contributed by atoms with van der Waals surface area (Å²) in [5.74, 6) is 0. The number of aliphatic hydroxyl groups is 1. The number of benzene rings is 1. The first-order chi connectivity index (χ1) is 12.7. The molecule has 2 unspecified atom stereocenters. The van der Waals surface area contributed by atoms with Crippen LogP contribution in [0.3, 0.4) is 0 Å². The molecule has 2 atom stereocenters. The van der Waals surface area contributed by atoms with Gasteiger partial charge in [0.25, 0.3) is 0 Å². The summed E-state index contributed by atoms with van der Waals surface area (Å²) < 4.78 is 5.96. The first-order valence-corrected chi connectivity index (χ1v) is 9.46. The van der Waals surface area contributed by atoms with E-state index in [1.54, 1.807) is 18.7 Å². The lowest BCUT2D eigenvalue weighted by Gasteiger charge is -2.47. The van der Waals surface area contributed by atoms with Crippen molar-refractivity contribution < 1.29 is 24.5 Å². The molecule has 7 heteroatoms. The first kappa shape index (κ1) is 19.5. The van der Waals surface area contributed by atoms with Gasteiger partial charge in [-0.15, -0.1) is 0 Å². The van der Waals surface area contributed by atoms with E-state index < -0.39 is 23.4 Å². The molecule has 2 heterocycles. The van der Waals surface area contributed by atoms with Gasteiger partial charge in [-0.1, -0.05) is 30.3 Å². The summed E-state index contributed by atoms with van der Waals surface area (Å²) in [6.45, 7) is 4.71. The lowest BCUT2D eigenvalue weighted by Crippen LogP contribution is -2.57. The van der Waals surface area contributed by atoms with Crippen LogP contribution in [0.5, 0.6) is 0 Å². The fourth-order valence-electron chi connectivity index (χ4n) is 4.25. The molecule has 1 aromatic rings. The smallest absolute Gasteiger partial charge is 0.410 e. The molecule has 0 saturated carbocycles. The zero-order chi connectivity index (χ0) is 19.7. The Kier molecular flexibility index (Phi) is 5.33. The molecule has 2 amide bonds. The molecule has 7 nitrogen and oxygen atoms in total. The van der Waals surface area contributed by atoms with E-state index in [9.17, 15) is 19.8 Å². The van der Waals surface area contributed by atoms with Crippen LogP contribution in [-0.4, -0.2) is 63.5 Å². The number of carboxylic acid groups (broad SMARTS) is 1. The van der Waals surface area contributed by atoms with Crippen molar-refractivity contribution in [2.24, 2.45) is 0 Å². The second-order valence-corrected chi connectivity index (χ2v) is 8.19. The molecule has 2 aliphatic heterocycles. The Morgan fingerprint density at radius 3 is 2.59 bits per heavy atom. The van der Waals surface area contributed by atoms with E-state index in [2.05, 4.69) is 0 Å². The molecule has 0 bridgehead atoms. The normalized spacial score (nSPS) is 26.6. The number of piperidine rings is 1. The molecule has 27 heavy (non-hydrogen) atoms. The molecule has 1 aromatic carbocycles. The Morgan fingerprint density at radius 2 is 2.00 bits per heavy atom. The van der Waals surface area contributed by atoms with Crippen LogP contribution in [0, 0.1) is 0 Å². The summed E-state index contributed by atoms with van der Waals surface area (Å²) >= 11 is 0. The minimum absolute atomic E-state index is 0.168. The number of carbonyl (C=O) groups excluding carboxylic acids is 1. The van der Waals surface area contributed by atoms with Gasteiger partial charge < -0.3 is 24.7 Å². The van der Waals surface area contributed by atoms with Gasteiger partial charge in [-0.05, 0) is 32.3 Å². The molecule has 0 radical (unpaired) electrons. The highest BCUT2D eigenvalue weighted by molar-refractivity contribution is 5.70. The Balaban J connectivity index is 1.80. The topological polar surface area (TPSA) is 90.3 Å². The van der Waals surface area contributed by atoms with Gasteiger partial charge >= 0.3 is 12.2 Å². The van der Waals surface area contributed by atoms with Crippen molar-refractivity contribution in [2.75, 3.05) is 19.6 Å². The lowest BCUT2D eigenvalue weighted by atomic mass is 9.80. The van der Waals surface area contributed by atoms with Crippen molar-refractivity contribution in [1.29, 1.82) is 0 Å². The summed E-state index contributed by atoms with van der Waals surface area (Å²) in [6.07, 6.45) is 0.959. The Morgan fingerprint density at radius 1 is 1.30 bits per heavy atom. The predicted molar refractivity (Wildman–Crippen MR) is 99.5 cm³/mol. The largest absolute Gasteiger partial charge is 0.465 e. The molecule has 0 aromatic heterocycles. The van der Waals surface area contributed by atoms with Gasteiger partial charge in [-0.2, -0.15) is 0 Å². The molecule has 2 fully saturated rings. The van der Waals surface area contributed by atoms with Crippen molar-refractivity contribution in [3.8, 4) is 0 Å². The zero-order valence-corrected chi connectivity index (χ0v) is 15.9. The van der Waals surface area contributed by atoms with Gasteiger partial charge in [-0.3, -0.25) is 0 Å². The number of carbonyl (C=O) groups is 2. The highest BCUT2D eigenvalue weighted by atomic mass is 16.6. The molecule has 2 saturated heterocycles. The van der Waals surface area contributed by atoms with Crippen LogP contribution in [0.4, 0.5) is 9.59 Å². The van der Waals surface area contributed by atoms with E-state index in [1.165, 1.54) is 4.90 Å². The maximum absolute atomic E-state index is 12.9. The van der Waals surface area contributed by atoms with Crippen LogP contribution in [-0.2, 0) is 10.3 Å². The molecule has 0 spiro atoms. The fourth-order valence-corrected chi connectivity index (χ4v) is 4.25. The minimum atomic E-state index is -0.997. The summed E-state index contributed by atoms with van der Waals surface area (Å²) in [5.41, 5.74) is -1.01. The average molecular weight is 376 g/mol. The molecule has 148 valence electrons. The second kappa shape index (κ2) is 7.38. The average Bonchev–Trinajstić information content (AvgIpc) is 2.61. The maximum Gasteiger partial charge on any atom is 0.410 e. The number of cyclic esters (lactones) is 1. The van der Waals surface area contributed by atoms with Crippen molar-refractivity contribution >= 4 is 12.2 Å². The number of nitrogens with zero attached hydrogens (tertiary/aromatic N) is 2. The van der Waals surface area contributed by atoms with Crippen LogP contribution < -0.4 is 0 Å². The monoisotopic (exact) mass is 376 g/mol. The van der Waals surface area contributed by atoms with E-state index in [4.69, 9.17) is 4.74 Å². The SMILES string of the molecule is CC(C)(O)CC1(c2ccccc2)CCN(C2CCCN(C(=O)O)C2)C(=O)O1. The van der Waals surface area contributed by atoms with Crippen molar-refractivity contribution in [3.05, 3.63) is 35.9 Å². The van der Waals surface area contributed by atoms with Gasteiger partial charge in [0.1, 0.15) is 5.60 Å². The number of hydrogen-bond donors (Lipinski definition) is 2. The van der Waals surface area contributed by atoms with Gasteiger partial charge in [0, 0.05) is 32.5 Å². The molecule has 2 N–H and O–H groups in total. The first-order valence-electron chi connectivity index (χ1n) is 9.46. The van der Waals surface area contributed by atoms with Crippen molar-refractivity contribution in [1.82, 2.24) is 9.80 Å². The van der Waals surface area contributed by atoms with Crippen LogP contribution in [0.25, 0.3) is 0 Å². The van der Waals surface area contributed by atoms with Gasteiger partial charge in [0.05, 0.1) is 11.6 Å². The molecule has 3 rings (SSSR count). The molecular formula is C20H28N2O5. The lowest BCUT2D eigenvalue weighted by molar-refractivity contribution is -0.104. The summed E-state index contributed by atoms with van der Waals surface area (Å²) in [4.78, 5) is 27.2. The van der Waals surface area contributed by atoms with Crippen molar-refractivity contribution in [3.63, 3.8) is 0 Å². The van der Waals surface area contributed by atoms with E-state index in [0.717, 1.165) is 18.4 Å². The third-order valence-electron chi connectivity index (χ3n) is 5.40. The van der Waals surface area contributed by atoms with Crippen LogP contribution >= 0.6 is 0 Å². The number of hydrogen-bond acceptors (Lipinski definition) is 4. The Bertz CT molecular complexity index is 687. The molecule has 2 aliphatic rings. The van der Waals surface area contributed by atoms with E-state index in [0.29, 0.717) is 32.5 Å². The number of likely N-dealkylation sites (tertiary alicyclic amines) is 1. The molecule has 0 aliphatic carbocycles. The second-order valence-electron chi connectivity index (χ2n) is 8.19. The van der Waals surface area contributed by atoms with Gasteiger partial charge in [-0.25, -0.2) is 9.59 Å². The third kappa shape index (κ3) is 4.35. The van der Waals surface area contributed by atoms with E-state index in [-0.39, 0.29) is 6.04 Å². The standard InChI is InChI=1S/C20H28N2O5/c1-19(2,26)14-20(15-7-4-3-5-8-15)10-12-22(18(25)27-20)16-9-6-11-21(13-16)17(23)24/h3-5,7-8,16,26H,6,9-14H2,1-2H3,(H,23,24). The van der Waals surface area contributed by atoms with E-state index in [1.807, 2.05) is 30.3 Å². The third-order valence-corrected chi connectivity index (χ3v) is 5.40.